The first-order valence-corrected chi connectivity index (χ1v) is 9.39. The summed E-state index contributed by atoms with van der Waals surface area (Å²) in [6, 6.07) is 7.54. The maximum Gasteiger partial charge on any atom is 0.262 e. The molecule has 0 unspecified atom stereocenters. The van der Waals surface area contributed by atoms with E-state index in [0.29, 0.717) is 16.1 Å². The normalized spacial score (nSPS) is 13.7. The van der Waals surface area contributed by atoms with Crippen molar-refractivity contribution in [2.75, 3.05) is 5.75 Å². The van der Waals surface area contributed by atoms with E-state index < -0.39 is 0 Å². The van der Waals surface area contributed by atoms with Crippen molar-refractivity contribution in [3.8, 4) is 0 Å². The van der Waals surface area contributed by atoms with Crippen LogP contribution in [0, 0.1) is 0 Å². The Morgan fingerprint density at radius 2 is 1.96 bits per heavy atom. The van der Waals surface area contributed by atoms with Gasteiger partial charge in [-0.05, 0) is 38.8 Å². The summed E-state index contributed by atoms with van der Waals surface area (Å²) in [6.45, 7) is 8.05. The summed E-state index contributed by atoms with van der Waals surface area (Å²) in [4.78, 5) is 29.5. The second-order valence-corrected chi connectivity index (χ2v) is 6.95. The number of thioether (sulfide) groups is 1. The Hall–Kier alpha value is -1.82. The van der Waals surface area contributed by atoms with E-state index in [1.54, 1.807) is 10.6 Å². The van der Waals surface area contributed by atoms with Gasteiger partial charge in [0.05, 0.1) is 16.7 Å². The van der Waals surface area contributed by atoms with Gasteiger partial charge in [0.2, 0.25) is 5.91 Å². The highest BCUT2D eigenvalue weighted by molar-refractivity contribution is 7.99. The zero-order valence-corrected chi connectivity index (χ0v) is 15.5. The molecule has 0 aliphatic carbocycles. The average molecular weight is 347 g/mol. The third-order valence-corrected chi connectivity index (χ3v) is 5.11. The number of nitrogens with zero attached hydrogens (tertiary/aromatic N) is 2. The molecule has 0 aliphatic rings. The van der Waals surface area contributed by atoms with E-state index >= 15 is 0 Å². The van der Waals surface area contributed by atoms with Crippen molar-refractivity contribution in [1.82, 2.24) is 14.9 Å². The molecule has 2 rings (SSSR count). The molecule has 0 spiro atoms. The predicted molar refractivity (Wildman–Crippen MR) is 99.6 cm³/mol. The molecule has 6 heteroatoms. The van der Waals surface area contributed by atoms with Crippen molar-refractivity contribution in [3.05, 3.63) is 34.6 Å². The van der Waals surface area contributed by atoms with Gasteiger partial charge >= 0.3 is 0 Å². The van der Waals surface area contributed by atoms with Crippen LogP contribution in [0.25, 0.3) is 10.9 Å². The molecule has 1 aromatic carbocycles. The van der Waals surface area contributed by atoms with Crippen LogP contribution in [-0.4, -0.2) is 27.3 Å². The number of nitrogens with one attached hydrogen (secondary N) is 1. The second kappa shape index (κ2) is 8.33. The molecule has 130 valence electrons. The Balaban J connectivity index is 2.34. The molecular weight excluding hydrogens is 322 g/mol. The Morgan fingerprint density at radius 3 is 2.62 bits per heavy atom. The molecule has 0 saturated carbocycles. The highest BCUT2D eigenvalue weighted by atomic mass is 32.2. The van der Waals surface area contributed by atoms with E-state index in [-0.39, 0.29) is 29.3 Å². The van der Waals surface area contributed by atoms with Crippen LogP contribution < -0.4 is 10.9 Å². The molecule has 0 fully saturated rings. The molecule has 1 aromatic heterocycles. The van der Waals surface area contributed by atoms with Crippen molar-refractivity contribution in [1.29, 1.82) is 0 Å². The number of fused-ring (bicyclic) bond motifs is 1. The number of aromatic nitrogens is 2. The summed E-state index contributed by atoms with van der Waals surface area (Å²) in [7, 11) is 0. The quantitative estimate of drug-likeness (QED) is 0.616. The first kappa shape index (κ1) is 18.5. The van der Waals surface area contributed by atoms with E-state index in [0.717, 1.165) is 12.8 Å². The second-order valence-electron chi connectivity index (χ2n) is 6.01. The molecule has 0 saturated heterocycles. The first-order valence-electron chi connectivity index (χ1n) is 8.41. The highest BCUT2D eigenvalue weighted by Gasteiger charge is 2.16. The maximum atomic E-state index is 12.8. The lowest BCUT2D eigenvalue weighted by Crippen LogP contribution is -2.33. The summed E-state index contributed by atoms with van der Waals surface area (Å²) in [5, 5.41) is 4.16. The van der Waals surface area contributed by atoms with Crippen LogP contribution in [0.15, 0.2) is 34.2 Å². The van der Waals surface area contributed by atoms with Crippen molar-refractivity contribution in [3.63, 3.8) is 0 Å². The zero-order chi connectivity index (χ0) is 17.7. The number of hydrogen-bond acceptors (Lipinski definition) is 4. The minimum Gasteiger partial charge on any atom is -0.353 e. The third-order valence-electron chi connectivity index (χ3n) is 4.16. The van der Waals surface area contributed by atoms with Crippen LogP contribution >= 0.6 is 11.8 Å². The third kappa shape index (κ3) is 4.17. The van der Waals surface area contributed by atoms with Gasteiger partial charge in [-0.25, -0.2) is 4.98 Å². The van der Waals surface area contributed by atoms with Crippen LogP contribution in [-0.2, 0) is 4.79 Å². The minimum atomic E-state index is -0.0419. The Labute approximate surface area is 146 Å². The molecular formula is C18H25N3O2S. The van der Waals surface area contributed by atoms with E-state index in [9.17, 15) is 9.59 Å². The molecule has 2 aromatic rings. The van der Waals surface area contributed by atoms with E-state index in [1.165, 1.54) is 11.8 Å². The largest absolute Gasteiger partial charge is 0.353 e. The van der Waals surface area contributed by atoms with Gasteiger partial charge in [-0.3, -0.25) is 14.2 Å². The zero-order valence-electron chi connectivity index (χ0n) is 14.7. The van der Waals surface area contributed by atoms with Gasteiger partial charge in [-0.1, -0.05) is 37.7 Å². The number of hydrogen-bond donors (Lipinski definition) is 1. The Morgan fingerprint density at radius 1 is 1.25 bits per heavy atom. The number of amides is 1. The Kier molecular flexibility index (Phi) is 6.43. The molecule has 0 radical (unpaired) electrons. The van der Waals surface area contributed by atoms with Gasteiger partial charge in [0.25, 0.3) is 5.56 Å². The summed E-state index contributed by atoms with van der Waals surface area (Å²) >= 11 is 1.32. The summed E-state index contributed by atoms with van der Waals surface area (Å²) < 4.78 is 1.71. The molecule has 0 bridgehead atoms. The number of carbonyl (C=O) groups is 1. The summed E-state index contributed by atoms with van der Waals surface area (Å²) in [5.74, 6) is 0.221. The van der Waals surface area contributed by atoms with Crippen LogP contribution in [0.1, 0.15) is 46.6 Å². The van der Waals surface area contributed by atoms with Crippen LogP contribution in [0.4, 0.5) is 0 Å². The van der Waals surface area contributed by atoms with Crippen molar-refractivity contribution in [2.45, 2.75) is 57.8 Å². The maximum absolute atomic E-state index is 12.8. The molecule has 1 N–H and O–H groups in total. The summed E-state index contributed by atoms with van der Waals surface area (Å²) in [6.07, 6.45) is 1.72. The fourth-order valence-electron chi connectivity index (χ4n) is 2.35. The monoisotopic (exact) mass is 347 g/mol. The fourth-order valence-corrected chi connectivity index (χ4v) is 3.26. The molecule has 5 nitrogen and oxygen atoms in total. The molecule has 1 heterocycles. The number of rotatable bonds is 7. The van der Waals surface area contributed by atoms with Crippen LogP contribution in [0.2, 0.25) is 0 Å². The Bertz CT molecular complexity index is 772. The van der Waals surface area contributed by atoms with E-state index in [4.69, 9.17) is 0 Å². The topological polar surface area (TPSA) is 64.0 Å². The van der Waals surface area contributed by atoms with Crippen molar-refractivity contribution in [2.24, 2.45) is 0 Å². The van der Waals surface area contributed by atoms with E-state index in [1.807, 2.05) is 45.9 Å². The van der Waals surface area contributed by atoms with E-state index in [2.05, 4.69) is 10.3 Å². The lowest BCUT2D eigenvalue weighted by atomic mass is 10.2. The van der Waals surface area contributed by atoms with Gasteiger partial charge in [-0.2, -0.15) is 0 Å². The average Bonchev–Trinajstić information content (AvgIpc) is 2.59. The molecule has 1 amide bonds. The van der Waals surface area contributed by atoms with Crippen LogP contribution in [0.5, 0.6) is 0 Å². The van der Waals surface area contributed by atoms with Crippen molar-refractivity contribution < 1.29 is 4.79 Å². The number of carbonyl (C=O) groups excluding carboxylic acids is 1. The molecule has 24 heavy (non-hydrogen) atoms. The standard InChI is InChI=1S/C18H25N3O2S/c1-5-12(3)19-16(22)11-24-18-20-15-10-8-7-9-14(15)17(23)21(18)13(4)6-2/h7-10,12-13H,5-6,11H2,1-4H3,(H,19,22)/t12-,13-/m1/s1. The lowest BCUT2D eigenvalue weighted by molar-refractivity contribution is -0.119. The fraction of sp³-hybridized carbons (Fsp3) is 0.500. The summed E-state index contributed by atoms with van der Waals surface area (Å²) in [5.41, 5.74) is 0.631. The highest BCUT2D eigenvalue weighted by Crippen LogP contribution is 2.22. The van der Waals surface area contributed by atoms with Gasteiger partial charge in [-0.15, -0.1) is 0 Å². The van der Waals surface area contributed by atoms with Gasteiger partial charge < -0.3 is 5.32 Å². The first-order chi connectivity index (χ1) is 11.5. The van der Waals surface area contributed by atoms with Gasteiger partial charge in [0, 0.05) is 12.1 Å². The smallest absolute Gasteiger partial charge is 0.262 e. The van der Waals surface area contributed by atoms with Crippen LogP contribution in [0.3, 0.4) is 0 Å². The minimum absolute atomic E-state index is 0.0348. The van der Waals surface area contributed by atoms with Gasteiger partial charge in [0.15, 0.2) is 5.16 Å². The number of para-hydroxylation sites is 1. The van der Waals surface area contributed by atoms with Crippen molar-refractivity contribution >= 4 is 28.6 Å². The predicted octanol–water partition coefficient (Wildman–Crippen LogP) is 3.37. The molecule has 0 aliphatic heterocycles. The van der Waals surface area contributed by atoms with Gasteiger partial charge in [0.1, 0.15) is 0 Å². The number of benzene rings is 1. The lowest BCUT2D eigenvalue weighted by Gasteiger charge is -2.18. The SMILES string of the molecule is CC[C@@H](C)NC(=O)CSc1nc2ccccc2c(=O)n1[C@H](C)CC. The molecule has 2 atom stereocenters.